The number of rotatable bonds is 8. The summed E-state index contributed by atoms with van der Waals surface area (Å²) < 4.78 is 26.6. The number of nitrogens with zero attached hydrogens (tertiary/aromatic N) is 2. The molecule has 2 aromatic rings. The molecule has 0 aromatic heterocycles. The van der Waals surface area contributed by atoms with Gasteiger partial charge in [0, 0.05) is 31.6 Å². The Labute approximate surface area is 166 Å². The van der Waals surface area contributed by atoms with Gasteiger partial charge >= 0.3 is 6.03 Å². The molecular formula is C17H18N4O7S. The summed E-state index contributed by atoms with van der Waals surface area (Å²) in [5.74, 6) is -0.766. The lowest BCUT2D eigenvalue weighted by Crippen LogP contribution is -2.43. The standard InChI is InChI=1S/C17H18N4O7S/c22-16(18-24)10-11-20(12-13-6-8-14(9-7-13)21(25)26)17(23)19-29(27,28)15-4-2-1-3-5-15/h1-9,24H,10-12H2,(H,18,22)(H,19,23). The highest BCUT2D eigenvalue weighted by Crippen LogP contribution is 2.15. The number of nitro groups is 1. The second-order valence-corrected chi connectivity index (χ2v) is 7.54. The molecule has 2 rings (SSSR count). The van der Waals surface area contributed by atoms with E-state index in [1.807, 2.05) is 4.72 Å². The van der Waals surface area contributed by atoms with Crippen molar-refractivity contribution in [1.82, 2.24) is 15.1 Å². The Hall–Kier alpha value is -3.51. The number of carbonyl (C=O) groups is 2. The number of nitro benzene ring substituents is 1. The maximum atomic E-state index is 12.5. The van der Waals surface area contributed by atoms with E-state index < -0.39 is 26.9 Å². The number of nitrogens with one attached hydrogen (secondary N) is 2. The monoisotopic (exact) mass is 422 g/mol. The number of hydrogen-bond donors (Lipinski definition) is 3. The summed E-state index contributed by atoms with van der Waals surface area (Å²) >= 11 is 0. The van der Waals surface area contributed by atoms with Crippen molar-refractivity contribution in [3.63, 3.8) is 0 Å². The minimum Gasteiger partial charge on any atom is -0.319 e. The number of urea groups is 1. The van der Waals surface area contributed by atoms with Crippen LogP contribution in [0.15, 0.2) is 59.5 Å². The maximum Gasteiger partial charge on any atom is 0.331 e. The highest BCUT2D eigenvalue weighted by molar-refractivity contribution is 7.90. The average Bonchev–Trinajstić information content (AvgIpc) is 2.71. The Morgan fingerprint density at radius 2 is 1.69 bits per heavy atom. The fourth-order valence-electron chi connectivity index (χ4n) is 2.33. The number of sulfonamides is 1. The van der Waals surface area contributed by atoms with Crippen LogP contribution < -0.4 is 10.2 Å². The number of amides is 3. The van der Waals surface area contributed by atoms with Gasteiger partial charge in [-0.25, -0.2) is 23.4 Å². The van der Waals surface area contributed by atoms with E-state index in [0.29, 0.717) is 5.56 Å². The van der Waals surface area contributed by atoms with Crippen LogP contribution in [0.5, 0.6) is 0 Å². The largest absolute Gasteiger partial charge is 0.331 e. The predicted molar refractivity (Wildman–Crippen MR) is 100 cm³/mol. The lowest BCUT2D eigenvalue weighted by atomic mass is 10.2. The molecule has 3 amide bonds. The van der Waals surface area contributed by atoms with Crippen LogP contribution in [0.25, 0.3) is 0 Å². The van der Waals surface area contributed by atoms with Crippen molar-refractivity contribution in [3.05, 3.63) is 70.3 Å². The normalized spacial score (nSPS) is 10.8. The summed E-state index contributed by atoms with van der Waals surface area (Å²) in [4.78, 5) is 34.9. The van der Waals surface area contributed by atoms with Crippen molar-refractivity contribution >= 4 is 27.6 Å². The van der Waals surface area contributed by atoms with Gasteiger partial charge in [-0.2, -0.15) is 0 Å². The van der Waals surface area contributed by atoms with E-state index >= 15 is 0 Å². The van der Waals surface area contributed by atoms with Gasteiger partial charge in [0.1, 0.15) is 0 Å². The molecule has 2 aromatic carbocycles. The first-order valence-electron chi connectivity index (χ1n) is 8.26. The van der Waals surface area contributed by atoms with E-state index in [9.17, 15) is 28.1 Å². The van der Waals surface area contributed by atoms with Gasteiger partial charge in [-0.1, -0.05) is 30.3 Å². The maximum absolute atomic E-state index is 12.5. The Morgan fingerprint density at radius 3 is 2.24 bits per heavy atom. The van der Waals surface area contributed by atoms with Crippen molar-refractivity contribution in [3.8, 4) is 0 Å². The first-order valence-corrected chi connectivity index (χ1v) is 9.74. The van der Waals surface area contributed by atoms with Gasteiger partial charge in [0.05, 0.1) is 9.82 Å². The second kappa shape index (κ2) is 9.61. The SMILES string of the molecule is O=C(CCN(Cc1ccc([N+](=O)[O-])cc1)C(=O)NS(=O)(=O)c1ccccc1)NO. The van der Waals surface area contributed by atoms with Crippen molar-refractivity contribution in [1.29, 1.82) is 0 Å². The number of benzene rings is 2. The predicted octanol–water partition coefficient (Wildman–Crippen LogP) is 1.39. The van der Waals surface area contributed by atoms with Gasteiger partial charge in [-0.3, -0.25) is 20.1 Å². The zero-order valence-electron chi connectivity index (χ0n) is 15.0. The van der Waals surface area contributed by atoms with Crippen LogP contribution in [0.4, 0.5) is 10.5 Å². The number of hydrogen-bond acceptors (Lipinski definition) is 7. The molecule has 0 bridgehead atoms. The topological polar surface area (TPSA) is 159 Å². The third-order valence-electron chi connectivity index (χ3n) is 3.82. The van der Waals surface area contributed by atoms with Crippen molar-refractivity contribution in [2.24, 2.45) is 0 Å². The molecule has 0 radical (unpaired) electrons. The first-order chi connectivity index (χ1) is 13.7. The zero-order valence-corrected chi connectivity index (χ0v) is 15.8. The van der Waals surface area contributed by atoms with Crippen LogP contribution in [-0.4, -0.2) is 41.9 Å². The molecule has 0 aliphatic carbocycles. The molecule has 0 saturated heterocycles. The van der Waals surface area contributed by atoms with E-state index in [-0.39, 0.29) is 30.1 Å². The van der Waals surface area contributed by atoms with Crippen molar-refractivity contribution in [2.45, 2.75) is 17.9 Å². The van der Waals surface area contributed by atoms with Crippen LogP contribution in [-0.2, 0) is 21.4 Å². The lowest BCUT2D eigenvalue weighted by molar-refractivity contribution is -0.384. The molecule has 154 valence electrons. The first kappa shape index (κ1) is 21.8. The van der Waals surface area contributed by atoms with E-state index in [0.717, 1.165) is 4.90 Å². The molecule has 0 unspecified atom stereocenters. The van der Waals surface area contributed by atoms with Crippen LogP contribution in [0.3, 0.4) is 0 Å². The molecule has 29 heavy (non-hydrogen) atoms. The summed E-state index contributed by atoms with van der Waals surface area (Å²) in [6, 6.07) is 11.6. The average molecular weight is 422 g/mol. The number of non-ortho nitro benzene ring substituents is 1. The Morgan fingerprint density at radius 1 is 1.07 bits per heavy atom. The number of hydroxylamine groups is 1. The van der Waals surface area contributed by atoms with Gasteiger partial charge in [-0.15, -0.1) is 0 Å². The molecule has 3 N–H and O–H groups in total. The summed E-state index contributed by atoms with van der Waals surface area (Å²) in [7, 11) is -4.14. The quantitative estimate of drug-likeness (QED) is 0.329. The summed E-state index contributed by atoms with van der Waals surface area (Å²) in [6.45, 7) is -0.327. The van der Waals surface area contributed by atoms with Crippen LogP contribution >= 0.6 is 0 Å². The lowest BCUT2D eigenvalue weighted by Gasteiger charge is -2.22. The molecule has 0 saturated carbocycles. The minimum absolute atomic E-state index is 0.114. The third kappa shape index (κ3) is 6.26. The molecule has 12 heteroatoms. The van der Waals surface area contributed by atoms with Gasteiger partial charge in [-0.05, 0) is 17.7 Å². The van der Waals surface area contributed by atoms with Crippen LogP contribution in [0, 0.1) is 10.1 Å². The molecule has 0 aliphatic rings. The van der Waals surface area contributed by atoms with Crippen molar-refractivity contribution in [2.75, 3.05) is 6.54 Å². The van der Waals surface area contributed by atoms with E-state index in [2.05, 4.69) is 0 Å². The Bertz CT molecular complexity index is 979. The molecule has 0 aliphatic heterocycles. The molecule has 0 spiro atoms. The smallest absolute Gasteiger partial charge is 0.319 e. The zero-order chi connectivity index (χ0) is 21.4. The highest BCUT2D eigenvalue weighted by atomic mass is 32.2. The van der Waals surface area contributed by atoms with Gasteiger partial charge in [0.15, 0.2) is 0 Å². The third-order valence-corrected chi connectivity index (χ3v) is 5.15. The Kier molecular flexibility index (Phi) is 7.22. The molecule has 0 atom stereocenters. The molecule has 0 fully saturated rings. The van der Waals surface area contributed by atoms with Gasteiger partial charge < -0.3 is 4.90 Å². The minimum atomic E-state index is -4.14. The van der Waals surface area contributed by atoms with Crippen molar-refractivity contribution < 1.29 is 28.1 Å². The summed E-state index contributed by atoms with van der Waals surface area (Å²) in [6.07, 6.45) is -0.289. The second-order valence-electron chi connectivity index (χ2n) is 5.85. The molecule has 0 heterocycles. The van der Waals surface area contributed by atoms with Crippen LogP contribution in [0.2, 0.25) is 0 Å². The van der Waals surface area contributed by atoms with E-state index in [1.165, 1.54) is 54.0 Å². The highest BCUT2D eigenvalue weighted by Gasteiger charge is 2.23. The van der Waals surface area contributed by atoms with E-state index in [4.69, 9.17) is 5.21 Å². The summed E-state index contributed by atoms with van der Waals surface area (Å²) in [5.41, 5.74) is 1.76. The van der Waals surface area contributed by atoms with Gasteiger partial charge in [0.25, 0.3) is 15.7 Å². The number of carbonyl (C=O) groups excluding carboxylic acids is 2. The fourth-order valence-corrected chi connectivity index (χ4v) is 3.32. The molecular weight excluding hydrogens is 404 g/mol. The van der Waals surface area contributed by atoms with Crippen LogP contribution in [0.1, 0.15) is 12.0 Å². The fraction of sp³-hybridized carbons (Fsp3) is 0.176. The Balaban J connectivity index is 2.18. The van der Waals surface area contributed by atoms with E-state index in [1.54, 1.807) is 6.07 Å². The molecule has 11 nitrogen and oxygen atoms in total. The van der Waals surface area contributed by atoms with Gasteiger partial charge in [0.2, 0.25) is 5.91 Å². The summed E-state index contributed by atoms with van der Waals surface area (Å²) in [5, 5.41) is 19.4.